The molecule has 1 saturated carbocycles. The average Bonchev–Trinajstić information content (AvgIpc) is 2.55. The quantitative estimate of drug-likeness (QED) is 0.705. The molecule has 3 amide bonds. The van der Waals surface area contributed by atoms with Gasteiger partial charge in [-0.25, -0.2) is 9.69 Å². The van der Waals surface area contributed by atoms with Crippen LogP contribution in [-0.4, -0.2) is 59.6 Å². The summed E-state index contributed by atoms with van der Waals surface area (Å²) in [6.07, 6.45) is -5.85. The molecule has 1 unspecified atom stereocenters. The lowest BCUT2D eigenvalue weighted by Gasteiger charge is -2.63. The van der Waals surface area contributed by atoms with E-state index in [0.717, 1.165) is 13.5 Å². The Balaban J connectivity index is 2.44. The first-order chi connectivity index (χ1) is 12.5. The molecule has 160 valence electrons. The van der Waals surface area contributed by atoms with Gasteiger partial charge in [-0.05, 0) is 36.0 Å². The first kappa shape index (κ1) is 22.5. The Morgan fingerprint density at radius 2 is 1.71 bits per heavy atom. The Bertz CT molecular complexity index is 669. The molecule has 0 N–H and O–H groups in total. The van der Waals surface area contributed by atoms with Crippen molar-refractivity contribution in [2.24, 2.45) is 22.7 Å². The maximum atomic E-state index is 13.4. The van der Waals surface area contributed by atoms with Crippen molar-refractivity contribution < 1.29 is 32.3 Å². The van der Waals surface area contributed by atoms with Gasteiger partial charge in [-0.3, -0.25) is 9.59 Å². The molecule has 2 aliphatic heterocycles. The van der Waals surface area contributed by atoms with Gasteiger partial charge >= 0.3 is 18.2 Å². The molecule has 0 aromatic carbocycles. The van der Waals surface area contributed by atoms with Crippen LogP contribution in [0.4, 0.5) is 18.0 Å². The molecule has 0 radical (unpaired) electrons. The molecule has 3 fully saturated rings. The number of piperidine rings is 2. The lowest BCUT2D eigenvalue weighted by atomic mass is 9.50. The highest BCUT2D eigenvalue weighted by molar-refractivity contribution is 6.00. The summed E-state index contributed by atoms with van der Waals surface area (Å²) in [7, 11) is 0.879. The Morgan fingerprint density at radius 1 is 1.18 bits per heavy atom. The number of rotatable bonds is 2. The number of methoxy groups -OCH3 is 1. The largest absolute Gasteiger partial charge is 0.471 e. The van der Waals surface area contributed by atoms with Crippen LogP contribution in [0.3, 0.4) is 0 Å². The molecular weight excluding hydrogens is 377 g/mol. The standard InChI is InChI=1S/C19H29F3N2O4/c1-10-12-8-11(18(12,5)6)9-23(10)14(25)13(17(2,3)4)24(16(27)28-7)15(26)19(20,21)22/h10-13H,8-9H2,1-7H3/t10-,11?,12+,13-/m1/s1. The van der Waals surface area contributed by atoms with Crippen LogP contribution in [0.15, 0.2) is 0 Å². The smallest absolute Gasteiger partial charge is 0.452 e. The van der Waals surface area contributed by atoms with Gasteiger partial charge in [0.2, 0.25) is 5.91 Å². The predicted molar refractivity (Wildman–Crippen MR) is 95.1 cm³/mol. The summed E-state index contributed by atoms with van der Waals surface area (Å²) in [6, 6.07) is -1.82. The van der Waals surface area contributed by atoms with Crippen molar-refractivity contribution in [3.05, 3.63) is 0 Å². The van der Waals surface area contributed by atoms with Crippen molar-refractivity contribution in [1.82, 2.24) is 9.80 Å². The molecule has 1 aliphatic carbocycles. The molecule has 2 saturated heterocycles. The lowest BCUT2D eigenvalue weighted by molar-refractivity contribution is -0.192. The average molecular weight is 406 g/mol. The summed E-state index contributed by atoms with van der Waals surface area (Å²) < 4.78 is 43.9. The Labute approximate surface area is 163 Å². The number of hydrogen-bond acceptors (Lipinski definition) is 4. The van der Waals surface area contributed by atoms with E-state index in [1.807, 2.05) is 6.92 Å². The second-order valence-corrected chi connectivity index (χ2v) is 9.50. The van der Waals surface area contributed by atoms with Crippen LogP contribution in [0.25, 0.3) is 0 Å². The zero-order chi connectivity index (χ0) is 21.8. The number of ether oxygens (including phenoxy) is 1. The maximum Gasteiger partial charge on any atom is 0.471 e. The highest BCUT2D eigenvalue weighted by Gasteiger charge is 2.59. The van der Waals surface area contributed by atoms with Gasteiger partial charge in [0.05, 0.1) is 7.11 Å². The van der Waals surface area contributed by atoms with Gasteiger partial charge in [0.15, 0.2) is 0 Å². The highest BCUT2D eigenvalue weighted by atomic mass is 19.4. The van der Waals surface area contributed by atoms with Crippen molar-refractivity contribution in [2.75, 3.05) is 13.7 Å². The van der Waals surface area contributed by atoms with Crippen LogP contribution >= 0.6 is 0 Å². The molecule has 28 heavy (non-hydrogen) atoms. The molecule has 0 spiro atoms. The number of carbonyl (C=O) groups is 3. The summed E-state index contributed by atoms with van der Waals surface area (Å²) in [5, 5.41) is 0. The number of amides is 3. The van der Waals surface area contributed by atoms with E-state index in [0.29, 0.717) is 6.54 Å². The SMILES string of the molecule is COC(=O)N(C(=O)C(F)(F)F)[C@H](C(=O)N1CC2C[C@@H]([C@H]1C)C2(C)C)C(C)(C)C. The van der Waals surface area contributed by atoms with Gasteiger partial charge in [-0.2, -0.15) is 13.2 Å². The first-order valence-electron chi connectivity index (χ1n) is 9.34. The minimum atomic E-state index is -5.31. The number of hydrogen-bond donors (Lipinski definition) is 0. The summed E-state index contributed by atoms with van der Waals surface area (Å²) in [6.45, 7) is 11.1. The normalized spacial score (nSPS) is 27.5. The van der Waals surface area contributed by atoms with E-state index in [1.54, 1.807) is 0 Å². The van der Waals surface area contributed by atoms with Crippen LogP contribution in [0.1, 0.15) is 48.0 Å². The van der Waals surface area contributed by atoms with E-state index in [2.05, 4.69) is 18.6 Å². The molecule has 0 aromatic heterocycles. The minimum Gasteiger partial charge on any atom is -0.452 e. The third kappa shape index (κ3) is 3.59. The van der Waals surface area contributed by atoms with Crippen LogP contribution in [-0.2, 0) is 14.3 Å². The number of alkyl halides is 3. The maximum absolute atomic E-state index is 13.4. The molecule has 2 heterocycles. The fourth-order valence-corrected chi connectivity index (χ4v) is 4.66. The van der Waals surface area contributed by atoms with E-state index in [4.69, 9.17) is 0 Å². The monoisotopic (exact) mass is 406 g/mol. The fraction of sp³-hybridized carbons (Fsp3) is 0.842. The van der Waals surface area contributed by atoms with E-state index in [-0.39, 0.29) is 28.2 Å². The van der Waals surface area contributed by atoms with Gasteiger partial charge in [-0.15, -0.1) is 0 Å². The van der Waals surface area contributed by atoms with E-state index in [1.165, 1.54) is 25.7 Å². The number of nitrogens with zero attached hydrogens (tertiary/aromatic N) is 2. The van der Waals surface area contributed by atoms with E-state index in [9.17, 15) is 27.6 Å². The fourth-order valence-electron chi connectivity index (χ4n) is 4.66. The van der Waals surface area contributed by atoms with Crippen LogP contribution in [0.5, 0.6) is 0 Å². The topological polar surface area (TPSA) is 66.9 Å². The molecule has 9 heteroatoms. The van der Waals surface area contributed by atoms with Crippen molar-refractivity contribution in [3.63, 3.8) is 0 Å². The first-order valence-corrected chi connectivity index (χ1v) is 9.34. The van der Waals surface area contributed by atoms with Crippen molar-refractivity contribution in [1.29, 1.82) is 0 Å². The molecular formula is C19H29F3N2O4. The summed E-state index contributed by atoms with van der Waals surface area (Å²) in [4.78, 5) is 39.0. The third-order valence-electron chi connectivity index (χ3n) is 6.47. The van der Waals surface area contributed by atoms with Gasteiger partial charge in [0, 0.05) is 12.6 Å². The number of fused-ring (bicyclic) bond motifs is 2. The molecule has 6 nitrogen and oxygen atoms in total. The van der Waals surface area contributed by atoms with E-state index >= 15 is 0 Å². The molecule has 3 rings (SSSR count). The van der Waals surface area contributed by atoms with Gasteiger partial charge in [0.1, 0.15) is 6.04 Å². The molecule has 2 bridgehead atoms. The van der Waals surface area contributed by atoms with Crippen LogP contribution in [0, 0.1) is 22.7 Å². The van der Waals surface area contributed by atoms with Crippen molar-refractivity contribution in [2.45, 2.75) is 66.2 Å². The number of carbonyl (C=O) groups excluding carboxylic acids is 3. The van der Waals surface area contributed by atoms with Gasteiger partial charge in [-0.1, -0.05) is 34.6 Å². The Morgan fingerprint density at radius 3 is 2.07 bits per heavy atom. The molecule has 3 aliphatic rings. The highest BCUT2D eigenvalue weighted by Crippen LogP contribution is 2.57. The number of halogens is 3. The zero-order valence-electron chi connectivity index (χ0n) is 17.4. The van der Waals surface area contributed by atoms with Crippen molar-refractivity contribution >= 4 is 17.9 Å². The second-order valence-electron chi connectivity index (χ2n) is 9.50. The van der Waals surface area contributed by atoms with Gasteiger partial charge in [0.25, 0.3) is 0 Å². The third-order valence-corrected chi connectivity index (χ3v) is 6.47. The van der Waals surface area contributed by atoms with Gasteiger partial charge < -0.3 is 9.64 Å². The van der Waals surface area contributed by atoms with Crippen LogP contribution < -0.4 is 0 Å². The second kappa shape index (κ2) is 6.91. The van der Waals surface area contributed by atoms with Crippen molar-refractivity contribution in [3.8, 4) is 0 Å². The Kier molecular flexibility index (Phi) is 5.55. The zero-order valence-corrected chi connectivity index (χ0v) is 17.4. The molecule has 4 atom stereocenters. The predicted octanol–water partition coefficient (Wildman–Crippen LogP) is 3.45. The summed E-state index contributed by atoms with van der Waals surface area (Å²) >= 11 is 0. The molecule has 0 aromatic rings. The van der Waals surface area contributed by atoms with Crippen LogP contribution in [0.2, 0.25) is 0 Å². The Hall–Kier alpha value is -1.80. The summed E-state index contributed by atoms with van der Waals surface area (Å²) in [5.74, 6) is -2.60. The number of imide groups is 1. The minimum absolute atomic E-state index is 0.0528. The summed E-state index contributed by atoms with van der Waals surface area (Å²) in [5.41, 5.74) is -1.07. The lowest BCUT2D eigenvalue weighted by Crippen LogP contribution is -2.69. The van der Waals surface area contributed by atoms with E-state index < -0.39 is 35.5 Å².